The fraction of sp³-hybridized carbons (Fsp3) is 0.667. The number of hydrogen-bond acceptors (Lipinski definition) is 4. The van der Waals surface area contributed by atoms with Crippen LogP contribution in [0.5, 0.6) is 0 Å². The van der Waals surface area contributed by atoms with Crippen LogP contribution in [0.4, 0.5) is 0 Å². The molecule has 0 N–H and O–H groups in total. The Balaban J connectivity index is 1.71. The summed E-state index contributed by atoms with van der Waals surface area (Å²) < 4.78 is 0. The maximum Gasteiger partial charge on any atom is 0.246 e. The number of aryl methyl sites for hydroxylation is 1. The summed E-state index contributed by atoms with van der Waals surface area (Å²) in [6.45, 7) is 5.14. The van der Waals surface area contributed by atoms with Gasteiger partial charge in [0.1, 0.15) is 12.1 Å². The Hall–Kier alpha value is -1.43. The largest absolute Gasteiger partial charge is 0.329 e. The number of carbonyl (C=O) groups is 2. The molecular weight excluding hydrogens is 286 g/mol. The molecule has 21 heavy (non-hydrogen) atoms. The summed E-state index contributed by atoms with van der Waals surface area (Å²) in [6, 6.07) is -0.562. The molecular formula is C15H21N3O2S. The van der Waals surface area contributed by atoms with E-state index in [-0.39, 0.29) is 23.9 Å². The first kappa shape index (κ1) is 14.5. The fourth-order valence-electron chi connectivity index (χ4n) is 3.25. The second kappa shape index (κ2) is 5.75. The number of thiazole rings is 1. The third-order valence-electron chi connectivity index (χ3n) is 4.41. The number of amides is 2. The van der Waals surface area contributed by atoms with E-state index < -0.39 is 0 Å². The number of carbonyl (C=O) groups excluding carboxylic acids is 2. The van der Waals surface area contributed by atoms with Crippen LogP contribution in [0, 0.1) is 6.92 Å². The highest BCUT2D eigenvalue weighted by molar-refractivity contribution is 7.09. The van der Waals surface area contributed by atoms with Gasteiger partial charge in [0.2, 0.25) is 11.8 Å². The lowest BCUT2D eigenvalue weighted by atomic mass is 9.95. The van der Waals surface area contributed by atoms with Gasteiger partial charge in [0, 0.05) is 30.6 Å². The predicted octanol–water partition coefficient (Wildman–Crippen LogP) is 1.61. The Morgan fingerprint density at radius 3 is 2.86 bits per heavy atom. The third kappa shape index (κ3) is 2.69. The molecule has 0 aromatic carbocycles. The van der Waals surface area contributed by atoms with Crippen molar-refractivity contribution in [2.75, 3.05) is 13.1 Å². The first-order chi connectivity index (χ1) is 10.1. The SMILES string of the molecule is Cc1csc(CCN2C(=O)C3CCCCN3C(=O)C2C)n1. The van der Waals surface area contributed by atoms with Crippen molar-refractivity contribution in [1.29, 1.82) is 0 Å². The molecule has 2 fully saturated rings. The molecule has 114 valence electrons. The van der Waals surface area contributed by atoms with Crippen molar-refractivity contribution in [2.24, 2.45) is 0 Å². The van der Waals surface area contributed by atoms with E-state index in [1.807, 2.05) is 19.2 Å². The number of piperazine rings is 1. The highest BCUT2D eigenvalue weighted by Gasteiger charge is 2.44. The molecule has 3 heterocycles. The van der Waals surface area contributed by atoms with Gasteiger partial charge in [0.15, 0.2) is 0 Å². The van der Waals surface area contributed by atoms with E-state index in [1.54, 1.807) is 21.1 Å². The quantitative estimate of drug-likeness (QED) is 0.852. The summed E-state index contributed by atoms with van der Waals surface area (Å²) in [5.41, 5.74) is 1.02. The van der Waals surface area contributed by atoms with Gasteiger partial charge in [-0.2, -0.15) is 0 Å². The van der Waals surface area contributed by atoms with Crippen molar-refractivity contribution in [3.63, 3.8) is 0 Å². The number of fused-ring (bicyclic) bond motifs is 1. The second-order valence-corrected chi connectivity index (χ2v) is 6.83. The fourth-order valence-corrected chi connectivity index (χ4v) is 4.01. The summed E-state index contributed by atoms with van der Waals surface area (Å²) in [7, 11) is 0. The first-order valence-corrected chi connectivity index (χ1v) is 8.48. The van der Waals surface area contributed by atoms with Crippen LogP contribution in [-0.4, -0.2) is 51.8 Å². The molecule has 2 saturated heterocycles. The normalized spacial score (nSPS) is 26.2. The average molecular weight is 307 g/mol. The Morgan fingerprint density at radius 2 is 2.14 bits per heavy atom. The van der Waals surface area contributed by atoms with Crippen molar-refractivity contribution in [2.45, 2.75) is 51.6 Å². The highest BCUT2D eigenvalue weighted by Crippen LogP contribution is 2.26. The van der Waals surface area contributed by atoms with E-state index in [4.69, 9.17) is 0 Å². The third-order valence-corrected chi connectivity index (χ3v) is 5.44. The first-order valence-electron chi connectivity index (χ1n) is 7.60. The Labute approximate surface area is 129 Å². The number of hydrogen-bond donors (Lipinski definition) is 0. The van der Waals surface area contributed by atoms with Crippen LogP contribution in [0.2, 0.25) is 0 Å². The molecule has 3 rings (SSSR count). The summed E-state index contributed by atoms with van der Waals surface area (Å²) >= 11 is 1.62. The summed E-state index contributed by atoms with van der Waals surface area (Å²) in [4.78, 5) is 33.1. The molecule has 2 amide bonds. The molecule has 0 radical (unpaired) electrons. The Morgan fingerprint density at radius 1 is 1.33 bits per heavy atom. The van der Waals surface area contributed by atoms with E-state index >= 15 is 0 Å². The Bertz CT molecular complexity index is 557. The van der Waals surface area contributed by atoms with E-state index in [1.165, 1.54) is 0 Å². The maximum absolute atomic E-state index is 12.7. The van der Waals surface area contributed by atoms with Gasteiger partial charge in [-0.05, 0) is 33.1 Å². The predicted molar refractivity (Wildman–Crippen MR) is 81.1 cm³/mol. The topological polar surface area (TPSA) is 53.5 Å². The zero-order chi connectivity index (χ0) is 15.0. The monoisotopic (exact) mass is 307 g/mol. The lowest BCUT2D eigenvalue weighted by Crippen LogP contribution is -2.65. The van der Waals surface area contributed by atoms with Gasteiger partial charge in [0.05, 0.1) is 5.01 Å². The standard InChI is InChI=1S/C15H21N3O2S/c1-10-9-21-13(16-10)6-8-17-11(2)14(19)18-7-4-3-5-12(18)15(17)20/h9,11-12H,3-8H2,1-2H3. The molecule has 2 atom stereocenters. The zero-order valence-corrected chi connectivity index (χ0v) is 13.4. The van der Waals surface area contributed by atoms with Crippen LogP contribution in [0.3, 0.4) is 0 Å². The number of aromatic nitrogens is 1. The van der Waals surface area contributed by atoms with Gasteiger partial charge in [-0.25, -0.2) is 4.98 Å². The minimum atomic E-state index is -0.340. The smallest absolute Gasteiger partial charge is 0.246 e. The molecule has 0 bridgehead atoms. The summed E-state index contributed by atoms with van der Waals surface area (Å²) in [6.07, 6.45) is 3.59. The van der Waals surface area contributed by atoms with Gasteiger partial charge >= 0.3 is 0 Å². The van der Waals surface area contributed by atoms with Crippen molar-refractivity contribution < 1.29 is 9.59 Å². The molecule has 1 aromatic rings. The van der Waals surface area contributed by atoms with E-state index in [0.717, 1.165) is 42.9 Å². The second-order valence-electron chi connectivity index (χ2n) is 5.88. The van der Waals surface area contributed by atoms with Gasteiger partial charge < -0.3 is 9.80 Å². The molecule has 6 heteroatoms. The van der Waals surface area contributed by atoms with Crippen LogP contribution in [0.25, 0.3) is 0 Å². The molecule has 2 aliphatic rings. The molecule has 2 unspecified atom stereocenters. The van der Waals surface area contributed by atoms with E-state index in [9.17, 15) is 9.59 Å². The summed E-state index contributed by atoms with van der Waals surface area (Å²) in [5, 5.41) is 3.05. The van der Waals surface area contributed by atoms with Gasteiger partial charge in [-0.15, -0.1) is 11.3 Å². The van der Waals surface area contributed by atoms with Crippen LogP contribution >= 0.6 is 11.3 Å². The van der Waals surface area contributed by atoms with Crippen LogP contribution < -0.4 is 0 Å². The van der Waals surface area contributed by atoms with Crippen LogP contribution in [0.1, 0.15) is 36.9 Å². The lowest BCUT2D eigenvalue weighted by molar-refractivity contribution is -0.162. The molecule has 2 aliphatic heterocycles. The highest BCUT2D eigenvalue weighted by atomic mass is 32.1. The summed E-state index contributed by atoms with van der Waals surface area (Å²) in [5.74, 6) is 0.227. The van der Waals surface area contributed by atoms with Crippen LogP contribution in [0.15, 0.2) is 5.38 Å². The molecule has 0 aliphatic carbocycles. The van der Waals surface area contributed by atoms with Crippen LogP contribution in [-0.2, 0) is 16.0 Å². The number of piperidine rings is 1. The van der Waals surface area contributed by atoms with Crippen molar-refractivity contribution in [3.8, 4) is 0 Å². The maximum atomic E-state index is 12.7. The molecule has 0 saturated carbocycles. The van der Waals surface area contributed by atoms with Crippen molar-refractivity contribution in [3.05, 3.63) is 16.1 Å². The molecule has 1 aromatic heterocycles. The average Bonchev–Trinajstić information content (AvgIpc) is 2.90. The zero-order valence-electron chi connectivity index (χ0n) is 12.5. The van der Waals surface area contributed by atoms with Crippen molar-refractivity contribution >= 4 is 23.2 Å². The van der Waals surface area contributed by atoms with Gasteiger partial charge in [-0.3, -0.25) is 9.59 Å². The lowest BCUT2D eigenvalue weighted by Gasteiger charge is -2.46. The Kier molecular flexibility index (Phi) is 3.97. The number of rotatable bonds is 3. The molecule has 0 spiro atoms. The molecule has 5 nitrogen and oxygen atoms in total. The minimum Gasteiger partial charge on any atom is -0.329 e. The van der Waals surface area contributed by atoms with Gasteiger partial charge in [-0.1, -0.05) is 0 Å². The van der Waals surface area contributed by atoms with Gasteiger partial charge in [0.25, 0.3) is 0 Å². The minimum absolute atomic E-state index is 0.106. The van der Waals surface area contributed by atoms with Crippen molar-refractivity contribution in [1.82, 2.24) is 14.8 Å². The van der Waals surface area contributed by atoms with E-state index in [2.05, 4.69) is 4.98 Å². The van der Waals surface area contributed by atoms with E-state index in [0.29, 0.717) is 6.54 Å². The number of nitrogens with zero attached hydrogens (tertiary/aromatic N) is 3.